The van der Waals surface area contributed by atoms with Crippen molar-refractivity contribution in [3.05, 3.63) is 40.2 Å². The van der Waals surface area contributed by atoms with Gasteiger partial charge >= 0.3 is 6.09 Å². The van der Waals surface area contributed by atoms with Crippen molar-refractivity contribution in [3.63, 3.8) is 0 Å². The lowest BCUT2D eigenvalue weighted by Gasteiger charge is -2.30. The summed E-state index contributed by atoms with van der Waals surface area (Å²) in [7, 11) is -3.73. The van der Waals surface area contributed by atoms with Crippen molar-refractivity contribution in [1.82, 2.24) is 20.0 Å². The number of carbonyl (C=O) groups excluding carboxylic acids is 1. The summed E-state index contributed by atoms with van der Waals surface area (Å²) < 4.78 is 46.2. The summed E-state index contributed by atoms with van der Waals surface area (Å²) in [4.78, 5) is 27.0. The lowest BCUT2D eigenvalue weighted by Crippen LogP contribution is -2.44. The van der Waals surface area contributed by atoms with Gasteiger partial charge in [-0.3, -0.25) is 10.1 Å². The van der Waals surface area contributed by atoms with Gasteiger partial charge in [-0.2, -0.15) is 0 Å². The molecule has 0 fully saturated rings. The number of sulfonamides is 1. The Morgan fingerprint density at radius 2 is 1.80 bits per heavy atom. The number of nitrogens with one attached hydrogen (secondary N) is 2. The molecule has 1 aromatic carbocycles. The van der Waals surface area contributed by atoms with Gasteiger partial charge < -0.3 is 4.74 Å². The molecule has 1 amide bonds. The lowest BCUT2D eigenvalue weighted by molar-refractivity contribution is 0.0244. The molecule has 3 aromatic rings. The fourth-order valence-electron chi connectivity index (χ4n) is 3.38. The van der Waals surface area contributed by atoms with Gasteiger partial charge in [0.1, 0.15) is 11.4 Å². The summed E-state index contributed by atoms with van der Waals surface area (Å²) in [5, 5.41) is 1.99. The maximum Gasteiger partial charge on any atom is 0.429 e. The highest BCUT2D eigenvalue weighted by molar-refractivity contribution is 7.92. The zero-order chi connectivity index (χ0) is 30.2. The number of nitrogens with zero attached hydrogens (tertiary/aromatic N) is 4. The van der Waals surface area contributed by atoms with Crippen LogP contribution in [0.5, 0.6) is 0 Å². The van der Waals surface area contributed by atoms with Crippen LogP contribution >= 0.6 is 22.9 Å². The van der Waals surface area contributed by atoms with Crippen LogP contribution in [-0.4, -0.2) is 52.4 Å². The number of hydrogen-bond acceptors (Lipinski definition) is 9. The van der Waals surface area contributed by atoms with E-state index >= 15 is 0 Å². The van der Waals surface area contributed by atoms with Crippen LogP contribution in [0, 0.1) is 5.82 Å². The number of carbonyl (C=O) groups is 1. The minimum atomic E-state index is -3.73. The third-order valence-electron chi connectivity index (χ3n) is 5.07. The number of hydrazine groups is 1. The number of thiazole rings is 1. The molecule has 3 rings (SSSR count). The van der Waals surface area contributed by atoms with Gasteiger partial charge in [0, 0.05) is 17.2 Å². The van der Waals surface area contributed by atoms with E-state index in [1.165, 1.54) is 28.6 Å². The van der Waals surface area contributed by atoms with Gasteiger partial charge in [-0.1, -0.05) is 32.4 Å². The Labute approximate surface area is 243 Å². The molecular formula is C26H34ClFN6O4S2. The average molecular weight is 613 g/mol. The standard InChI is InChI=1S/C26H34ClFN6O4S2/c1-14(2)34(24(35)38-26(6,7)8)32-23-29-11-10-17(30-23)21-20(31-22(39-21)25(3,4)5)16-12-15(28)13-18(19(16)27)33-40(9,36)37/h10-14,33H,1-9H3,(H,29,30,32). The summed E-state index contributed by atoms with van der Waals surface area (Å²) in [6, 6.07) is 3.57. The highest BCUT2D eigenvalue weighted by atomic mass is 35.5. The number of hydrogen-bond donors (Lipinski definition) is 2. The van der Waals surface area contributed by atoms with Crippen LogP contribution in [0.15, 0.2) is 24.4 Å². The quantitative estimate of drug-likeness (QED) is 0.282. The first-order valence-corrected chi connectivity index (χ1v) is 15.4. The van der Waals surface area contributed by atoms with Crippen molar-refractivity contribution < 1.29 is 22.3 Å². The zero-order valence-corrected chi connectivity index (χ0v) is 26.3. The smallest absolute Gasteiger partial charge is 0.429 e. The van der Waals surface area contributed by atoms with E-state index in [0.29, 0.717) is 16.3 Å². The largest absolute Gasteiger partial charge is 0.442 e. The van der Waals surface area contributed by atoms with Gasteiger partial charge in [0.05, 0.1) is 44.3 Å². The number of ether oxygens (including phenoxy) is 1. The monoisotopic (exact) mass is 612 g/mol. The molecule has 0 aliphatic rings. The van der Waals surface area contributed by atoms with E-state index in [9.17, 15) is 17.6 Å². The number of anilines is 2. The van der Waals surface area contributed by atoms with Gasteiger partial charge in [0.2, 0.25) is 16.0 Å². The summed E-state index contributed by atoms with van der Waals surface area (Å²) in [5.41, 5.74) is 2.70. The molecule has 0 saturated carbocycles. The highest BCUT2D eigenvalue weighted by Gasteiger charge is 2.28. The molecule has 14 heteroatoms. The van der Waals surface area contributed by atoms with Crippen molar-refractivity contribution >= 4 is 50.7 Å². The minimum absolute atomic E-state index is 0.0119. The van der Waals surface area contributed by atoms with Crippen LogP contribution in [0.25, 0.3) is 21.8 Å². The van der Waals surface area contributed by atoms with Crippen LogP contribution < -0.4 is 10.1 Å². The fourth-order valence-corrected chi connectivity index (χ4v) is 5.35. The van der Waals surface area contributed by atoms with Crippen molar-refractivity contribution in [3.8, 4) is 21.8 Å². The van der Waals surface area contributed by atoms with Crippen LogP contribution in [-0.2, 0) is 20.2 Å². The molecule has 40 heavy (non-hydrogen) atoms. The van der Waals surface area contributed by atoms with Crippen LogP contribution in [0.4, 0.5) is 20.8 Å². The van der Waals surface area contributed by atoms with E-state index in [1.807, 2.05) is 34.6 Å². The lowest BCUT2D eigenvalue weighted by atomic mass is 9.98. The Kier molecular flexibility index (Phi) is 9.02. The zero-order valence-electron chi connectivity index (χ0n) is 23.9. The van der Waals surface area contributed by atoms with E-state index in [2.05, 4.69) is 20.1 Å². The second kappa shape index (κ2) is 11.5. The first-order valence-electron chi connectivity index (χ1n) is 12.4. The Hall–Kier alpha value is -3.03. The molecule has 0 bridgehead atoms. The van der Waals surface area contributed by atoms with Crippen molar-refractivity contribution in [2.45, 2.75) is 72.4 Å². The topological polar surface area (TPSA) is 126 Å². The maximum absolute atomic E-state index is 14.7. The summed E-state index contributed by atoms with van der Waals surface area (Å²) in [6.45, 7) is 14.9. The molecule has 0 aliphatic carbocycles. The molecule has 0 saturated heterocycles. The van der Waals surface area contributed by atoms with E-state index in [1.54, 1.807) is 26.8 Å². The predicted molar refractivity (Wildman–Crippen MR) is 158 cm³/mol. The Morgan fingerprint density at radius 1 is 1.15 bits per heavy atom. The second-order valence-corrected chi connectivity index (χ2v) is 14.6. The molecule has 0 unspecified atom stereocenters. The van der Waals surface area contributed by atoms with E-state index in [4.69, 9.17) is 21.3 Å². The number of aromatic nitrogens is 3. The van der Waals surface area contributed by atoms with E-state index in [-0.39, 0.29) is 33.7 Å². The summed E-state index contributed by atoms with van der Waals surface area (Å²) in [6.07, 6.45) is 1.87. The van der Waals surface area contributed by atoms with Crippen LogP contribution in [0.3, 0.4) is 0 Å². The molecule has 2 N–H and O–H groups in total. The SMILES string of the molecule is CC(C)N(Nc1nccc(-c2sc(C(C)(C)C)nc2-c2cc(F)cc(NS(C)(=O)=O)c2Cl)n1)C(=O)OC(C)(C)C. The summed E-state index contributed by atoms with van der Waals surface area (Å²) in [5.74, 6) is -0.574. The van der Waals surface area contributed by atoms with Gasteiger partial charge in [0.25, 0.3) is 0 Å². The molecule has 2 aromatic heterocycles. The van der Waals surface area contributed by atoms with Gasteiger partial charge in [-0.25, -0.2) is 37.6 Å². The van der Waals surface area contributed by atoms with Gasteiger partial charge in [-0.15, -0.1) is 11.3 Å². The number of benzene rings is 1. The normalized spacial score (nSPS) is 12.4. The van der Waals surface area contributed by atoms with Crippen LogP contribution in [0.2, 0.25) is 5.02 Å². The minimum Gasteiger partial charge on any atom is -0.442 e. The van der Waals surface area contributed by atoms with Crippen molar-refractivity contribution in [2.75, 3.05) is 16.4 Å². The van der Waals surface area contributed by atoms with Crippen molar-refractivity contribution in [1.29, 1.82) is 0 Å². The number of rotatable bonds is 7. The Morgan fingerprint density at radius 3 is 2.35 bits per heavy atom. The predicted octanol–water partition coefficient (Wildman–Crippen LogP) is 6.70. The molecule has 10 nitrogen and oxygen atoms in total. The Balaban J connectivity index is 2.14. The second-order valence-electron chi connectivity index (χ2n) is 11.5. The average Bonchev–Trinajstić information content (AvgIpc) is 3.23. The summed E-state index contributed by atoms with van der Waals surface area (Å²) >= 11 is 7.94. The molecular weight excluding hydrogens is 579 g/mol. The van der Waals surface area contributed by atoms with E-state index in [0.717, 1.165) is 17.3 Å². The molecule has 0 spiro atoms. The molecule has 0 aliphatic heterocycles. The fraction of sp³-hybridized carbons (Fsp3) is 0.462. The molecule has 2 heterocycles. The van der Waals surface area contributed by atoms with E-state index < -0.39 is 27.5 Å². The molecule has 0 atom stereocenters. The third-order valence-corrected chi connectivity index (χ3v) is 7.57. The maximum atomic E-state index is 14.7. The first kappa shape index (κ1) is 31.5. The Bertz CT molecular complexity index is 1510. The van der Waals surface area contributed by atoms with Gasteiger partial charge in [0.15, 0.2) is 0 Å². The van der Waals surface area contributed by atoms with Gasteiger partial charge in [-0.05, 0) is 52.8 Å². The third kappa shape index (κ3) is 8.01. The highest BCUT2D eigenvalue weighted by Crippen LogP contribution is 2.44. The first-order chi connectivity index (χ1) is 18.2. The molecule has 218 valence electrons. The van der Waals surface area contributed by atoms with Crippen LogP contribution in [0.1, 0.15) is 60.4 Å². The molecule has 0 radical (unpaired) electrons. The number of amides is 1. The number of halogens is 2. The van der Waals surface area contributed by atoms with Crippen molar-refractivity contribution in [2.24, 2.45) is 0 Å².